The number of ether oxygens (including phenoxy) is 1. The highest BCUT2D eigenvalue weighted by atomic mass is 35.5. The lowest BCUT2D eigenvalue weighted by Crippen LogP contribution is -2.39. The Balaban J connectivity index is 1.75. The van der Waals surface area contributed by atoms with Gasteiger partial charge in [-0.2, -0.15) is 5.26 Å². The van der Waals surface area contributed by atoms with E-state index in [1.54, 1.807) is 66.7 Å². The number of nitrogens with two attached hydrogens (primary N) is 1. The van der Waals surface area contributed by atoms with E-state index < -0.39 is 15.9 Å². The molecule has 0 saturated carbocycles. The Hall–Kier alpha value is -3.73. The van der Waals surface area contributed by atoms with Gasteiger partial charge in [0.2, 0.25) is 5.88 Å². The normalized spacial score (nSPS) is 18.8. The van der Waals surface area contributed by atoms with Gasteiger partial charge in [0.05, 0.1) is 18.2 Å². The zero-order valence-corrected chi connectivity index (χ0v) is 18.8. The molecule has 0 aliphatic carbocycles. The van der Waals surface area contributed by atoms with Crippen LogP contribution in [0.25, 0.3) is 5.76 Å². The number of sulfonamides is 1. The van der Waals surface area contributed by atoms with E-state index in [1.807, 2.05) is 12.1 Å². The molecule has 0 unspecified atom stereocenters. The molecule has 0 spiro atoms. The van der Waals surface area contributed by atoms with Crippen molar-refractivity contribution in [3.05, 3.63) is 117 Å². The van der Waals surface area contributed by atoms with Crippen molar-refractivity contribution < 1.29 is 13.2 Å². The molecule has 0 bridgehead atoms. The molecule has 33 heavy (non-hydrogen) atoms. The maximum Gasteiger partial charge on any atom is 0.265 e. The van der Waals surface area contributed by atoms with Gasteiger partial charge in [0.1, 0.15) is 16.5 Å². The van der Waals surface area contributed by atoms with Crippen LogP contribution in [0.4, 0.5) is 5.69 Å². The molecule has 0 radical (unpaired) electrons. The van der Waals surface area contributed by atoms with E-state index in [1.165, 1.54) is 4.31 Å². The molecule has 5 rings (SSSR count). The summed E-state index contributed by atoms with van der Waals surface area (Å²) in [6.07, 6.45) is 0. The van der Waals surface area contributed by atoms with Crippen LogP contribution in [0, 0.1) is 11.3 Å². The lowest BCUT2D eigenvalue weighted by atomic mass is 9.88. The molecule has 2 aliphatic heterocycles. The maximum atomic E-state index is 14.1. The molecule has 0 fully saturated rings. The van der Waals surface area contributed by atoms with E-state index in [9.17, 15) is 13.7 Å². The highest BCUT2D eigenvalue weighted by Gasteiger charge is 2.47. The van der Waals surface area contributed by atoms with Crippen LogP contribution in [-0.2, 0) is 21.3 Å². The van der Waals surface area contributed by atoms with Crippen molar-refractivity contribution in [3.63, 3.8) is 0 Å². The number of nitrogens with zero attached hydrogens (tertiary/aromatic N) is 2. The fraction of sp³-hybridized carbons (Fsp3) is 0.0800. The number of halogens is 1. The number of hydrogen-bond donors (Lipinski definition) is 1. The number of allylic oxidation sites excluding steroid dienone is 2. The van der Waals surface area contributed by atoms with Crippen molar-refractivity contribution in [1.82, 2.24) is 0 Å². The summed E-state index contributed by atoms with van der Waals surface area (Å²) >= 11 is 6.01. The van der Waals surface area contributed by atoms with E-state index >= 15 is 0 Å². The topological polar surface area (TPSA) is 96.4 Å². The fourth-order valence-corrected chi connectivity index (χ4v) is 6.25. The molecule has 2 N–H and O–H groups in total. The van der Waals surface area contributed by atoms with Crippen molar-refractivity contribution in [2.45, 2.75) is 12.5 Å². The predicted molar refractivity (Wildman–Crippen MR) is 127 cm³/mol. The highest BCUT2D eigenvalue weighted by Crippen LogP contribution is 2.51. The Morgan fingerprint density at radius 1 is 1.00 bits per heavy atom. The van der Waals surface area contributed by atoms with E-state index in [-0.39, 0.29) is 28.7 Å². The second-order valence-corrected chi connectivity index (χ2v) is 9.95. The van der Waals surface area contributed by atoms with Crippen molar-refractivity contribution in [2.75, 3.05) is 4.31 Å². The van der Waals surface area contributed by atoms with Gasteiger partial charge in [-0.1, -0.05) is 66.2 Å². The van der Waals surface area contributed by atoms with Crippen molar-refractivity contribution in [1.29, 1.82) is 5.26 Å². The van der Waals surface area contributed by atoms with Crippen LogP contribution >= 0.6 is 11.6 Å². The van der Waals surface area contributed by atoms with Crippen molar-refractivity contribution in [3.8, 4) is 6.07 Å². The first-order chi connectivity index (χ1) is 15.9. The van der Waals surface area contributed by atoms with Gasteiger partial charge in [-0.15, -0.1) is 0 Å². The number of fused-ring (bicyclic) bond motifs is 2. The first kappa shape index (κ1) is 21.1. The predicted octanol–water partition coefficient (Wildman–Crippen LogP) is 4.87. The SMILES string of the molecule is N#CC1=C(N)OC2=C([C@@H]1c1ccccc1)S(=O)(=O)N(Cc1ccc(Cl)cc1)c1ccccc12. The molecule has 3 aromatic rings. The summed E-state index contributed by atoms with van der Waals surface area (Å²) in [4.78, 5) is 0.00659. The summed E-state index contributed by atoms with van der Waals surface area (Å²) in [7, 11) is -4.10. The summed E-state index contributed by atoms with van der Waals surface area (Å²) in [5, 5.41) is 10.4. The zero-order valence-electron chi connectivity index (χ0n) is 17.3. The molecule has 164 valence electrons. The molecule has 2 aliphatic rings. The van der Waals surface area contributed by atoms with Crippen LogP contribution in [0.3, 0.4) is 0 Å². The molecule has 6 nitrogen and oxygen atoms in total. The zero-order chi connectivity index (χ0) is 23.2. The number of nitriles is 1. The number of benzene rings is 3. The molecule has 3 aromatic carbocycles. The van der Waals surface area contributed by atoms with E-state index in [0.29, 0.717) is 21.8 Å². The van der Waals surface area contributed by atoms with Gasteiger partial charge in [0, 0.05) is 10.6 Å². The summed E-state index contributed by atoms with van der Waals surface area (Å²) in [5.41, 5.74) is 8.67. The molecule has 0 aromatic heterocycles. The van der Waals surface area contributed by atoms with E-state index in [2.05, 4.69) is 6.07 Å². The van der Waals surface area contributed by atoms with Gasteiger partial charge in [0.25, 0.3) is 10.0 Å². The lowest BCUT2D eigenvalue weighted by Gasteiger charge is -2.38. The third-order valence-corrected chi connectivity index (χ3v) is 7.87. The minimum atomic E-state index is -4.10. The van der Waals surface area contributed by atoms with Gasteiger partial charge < -0.3 is 10.5 Å². The van der Waals surface area contributed by atoms with Crippen LogP contribution < -0.4 is 10.0 Å². The van der Waals surface area contributed by atoms with Gasteiger partial charge in [-0.3, -0.25) is 4.31 Å². The average Bonchev–Trinajstić information content (AvgIpc) is 2.82. The summed E-state index contributed by atoms with van der Waals surface area (Å²) in [6.45, 7) is 0.0931. The highest BCUT2D eigenvalue weighted by molar-refractivity contribution is 7.96. The number of hydrogen-bond acceptors (Lipinski definition) is 5. The van der Waals surface area contributed by atoms with E-state index in [0.717, 1.165) is 5.56 Å². The Morgan fingerprint density at radius 3 is 2.36 bits per heavy atom. The van der Waals surface area contributed by atoms with Crippen LogP contribution in [0.15, 0.2) is 95.2 Å². The van der Waals surface area contributed by atoms with Crippen LogP contribution in [-0.4, -0.2) is 8.42 Å². The number of para-hydroxylation sites is 1. The maximum absolute atomic E-state index is 14.1. The van der Waals surface area contributed by atoms with Crippen molar-refractivity contribution in [2.24, 2.45) is 5.73 Å². The Morgan fingerprint density at radius 2 is 1.67 bits per heavy atom. The Labute approximate surface area is 196 Å². The molecule has 8 heteroatoms. The molecular weight excluding hydrogens is 458 g/mol. The third kappa shape index (κ3) is 3.44. The second kappa shape index (κ2) is 8.00. The monoisotopic (exact) mass is 475 g/mol. The Kier molecular flexibility index (Phi) is 5.12. The van der Waals surface area contributed by atoms with Crippen LogP contribution in [0.5, 0.6) is 0 Å². The number of rotatable bonds is 3. The van der Waals surface area contributed by atoms with Gasteiger partial charge in [-0.05, 0) is 35.4 Å². The van der Waals surface area contributed by atoms with Gasteiger partial charge >= 0.3 is 0 Å². The summed E-state index contributed by atoms with van der Waals surface area (Å²) in [5.74, 6) is -0.824. The smallest absolute Gasteiger partial charge is 0.265 e. The summed E-state index contributed by atoms with van der Waals surface area (Å²) < 4.78 is 35.4. The van der Waals surface area contributed by atoms with Gasteiger partial charge in [0.15, 0.2) is 5.76 Å². The molecule has 1 atom stereocenters. The standard InChI is InChI=1S/C25H18ClN3O3S/c26-18-12-10-16(11-13-18)15-29-21-9-5-4-8-19(21)23-24(33(29,30)31)22(17-6-2-1-3-7-17)20(14-27)25(28)32-23/h1-13,22H,15,28H2/t22-/m1/s1. The fourth-order valence-electron chi connectivity index (χ4n) is 4.21. The lowest BCUT2D eigenvalue weighted by molar-refractivity contribution is 0.357. The molecule has 0 saturated heterocycles. The van der Waals surface area contributed by atoms with Crippen molar-refractivity contribution >= 4 is 33.1 Å². The molecule has 0 amide bonds. The van der Waals surface area contributed by atoms with Gasteiger partial charge in [-0.25, -0.2) is 8.42 Å². The van der Waals surface area contributed by atoms with Crippen LogP contribution in [0.1, 0.15) is 22.6 Å². The quantitative estimate of drug-likeness (QED) is 0.583. The largest absolute Gasteiger partial charge is 0.439 e. The second-order valence-electron chi connectivity index (χ2n) is 7.68. The first-order valence-electron chi connectivity index (χ1n) is 10.1. The first-order valence-corrected chi connectivity index (χ1v) is 12.0. The third-order valence-electron chi connectivity index (χ3n) is 5.73. The minimum absolute atomic E-state index is 0.00659. The van der Waals surface area contributed by atoms with E-state index in [4.69, 9.17) is 22.1 Å². The average molecular weight is 476 g/mol. The minimum Gasteiger partial charge on any atom is -0.439 e. The molecular formula is C25H18ClN3O3S. The Bertz CT molecular complexity index is 1460. The molecule has 2 heterocycles. The summed E-state index contributed by atoms with van der Waals surface area (Å²) in [6, 6.07) is 25.2. The number of anilines is 1. The van der Waals surface area contributed by atoms with Crippen LogP contribution in [0.2, 0.25) is 5.02 Å².